The highest BCUT2D eigenvalue weighted by atomic mass is 19.4. The highest BCUT2D eigenvalue weighted by Crippen LogP contribution is 2.45. The maximum atomic E-state index is 13.2. The van der Waals surface area contributed by atoms with Crippen LogP contribution < -0.4 is 10.6 Å². The third-order valence-electron chi connectivity index (χ3n) is 6.71. The molecule has 8 nitrogen and oxygen atoms in total. The van der Waals surface area contributed by atoms with Crippen LogP contribution in [-0.2, 0) is 20.6 Å². The van der Waals surface area contributed by atoms with Crippen LogP contribution in [0.2, 0.25) is 0 Å². The summed E-state index contributed by atoms with van der Waals surface area (Å²) in [5, 5.41) is 14.2. The molecule has 2 aliphatic rings. The summed E-state index contributed by atoms with van der Waals surface area (Å²) >= 11 is 0. The molecule has 1 aliphatic heterocycles. The fraction of sp³-hybridized carbons (Fsp3) is 0.625. The van der Waals surface area contributed by atoms with Crippen molar-refractivity contribution < 1.29 is 64.1 Å². The monoisotopic (exact) mass is 611 g/mol. The summed E-state index contributed by atoms with van der Waals surface area (Å²) in [7, 11) is 0. The number of nitrogens with two attached hydrogens (primary N) is 1. The Labute approximate surface area is 228 Å². The number of alkyl halides is 9. The third-order valence-corrected chi connectivity index (χ3v) is 6.71. The molecule has 1 aliphatic carbocycles. The molecule has 234 valence electrons. The Morgan fingerprint density at radius 2 is 1.37 bits per heavy atom. The molecule has 0 spiro atoms. The van der Waals surface area contributed by atoms with E-state index >= 15 is 0 Å². The summed E-state index contributed by atoms with van der Waals surface area (Å²) in [6.45, 7) is 6.28. The molecule has 4 N–H and O–H groups in total. The Bertz CT molecular complexity index is 1030. The number of carboxylic acids is 2. The number of amides is 1. The summed E-state index contributed by atoms with van der Waals surface area (Å²) < 4.78 is 102. The van der Waals surface area contributed by atoms with E-state index in [-0.39, 0.29) is 17.9 Å². The minimum atomic E-state index is -5.08. The van der Waals surface area contributed by atoms with Gasteiger partial charge in [0.1, 0.15) is 0 Å². The number of hydrogen-bond donors (Lipinski definition) is 3. The predicted octanol–water partition coefficient (Wildman–Crippen LogP) is 4.77. The van der Waals surface area contributed by atoms with Crippen LogP contribution in [0, 0.1) is 11.3 Å². The van der Waals surface area contributed by atoms with Crippen LogP contribution in [0.25, 0.3) is 0 Å². The molecule has 1 aromatic rings. The highest BCUT2D eigenvalue weighted by Gasteiger charge is 2.48. The number of carbonyl (C=O) groups excluding carboxylic acids is 1. The zero-order valence-electron chi connectivity index (χ0n) is 21.9. The molecule has 0 aromatic heterocycles. The van der Waals surface area contributed by atoms with Crippen molar-refractivity contribution in [2.45, 2.75) is 57.7 Å². The van der Waals surface area contributed by atoms with E-state index in [0.29, 0.717) is 31.9 Å². The number of nitrogens with zero attached hydrogens (tertiary/aromatic N) is 2. The largest absolute Gasteiger partial charge is 0.490 e. The molecule has 41 heavy (non-hydrogen) atoms. The van der Waals surface area contributed by atoms with Gasteiger partial charge in [-0.15, -0.1) is 0 Å². The van der Waals surface area contributed by atoms with E-state index in [4.69, 9.17) is 25.5 Å². The summed E-state index contributed by atoms with van der Waals surface area (Å²) in [5.41, 5.74) is 5.61. The average Bonchev–Trinajstić information content (AvgIpc) is 3.26. The Kier molecular flexibility index (Phi) is 11.9. The van der Waals surface area contributed by atoms with Gasteiger partial charge >= 0.3 is 30.5 Å². The average molecular weight is 612 g/mol. The highest BCUT2D eigenvalue weighted by molar-refractivity contribution is 5.84. The lowest BCUT2D eigenvalue weighted by Crippen LogP contribution is -2.54. The van der Waals surface area contributed by atoms with Gasteiger partial charge in [0.15, 0.2) is 0 Å². The van der Waals surface area contributed by atoms with Gasteiger partial charge in [0, 0.05) is 37.9 Å². The Morgan fingerprint density at radius 1 is 0.902 bits per heavy atom. The van der Waals surface area contributed by atoms with Crippen molar-refractivity contribution in [2.24, 2.45) is 17.1 Å². The van der Waals surface area contributed by atoms with E-state index in [9.17, 15) is 44.3 Å². The second kappa shape index (κ2) is 13.6. The quantitative estimate of drug-likeness (QED) is 0.421. The Hall–Kier alpha value is -3.24. The van der Waals surface area contributed by atoms with Crippen LogP contribution in [0.5, 0.6) is 0 Å². The van der Waals surface area contributed by atoms with Crippen molar-refractivity contribution in [3.8, 4) is 0 Å². The van der Waals surface area contributed by atoms with Gasteiger partial charge in [0.2, 0.25) is 5.91 Å². The summed E-state index contributed by atoms with van der Waals surface area (Å²) in [4.78, 5) is 34.8. The summed E-state index contributed by atoms with van der Waals surface area (Å²) in [6.07, 6.45) is -12.1. The van der Waals surface area contributed by atoms with Gasteiger partial charge in [0.05, 0.1) is 11.0 Å². The smallest absolute Gasteiger partial charge is 0.475 e. The van der Waals surface area contributed by atoms with Gasteiger partial charge in [-0.05, 0) is 43.4 Å². The number of piperazine rings is 1. The maximum absolute atomic E-state index is 13.2. The molecule has 1 saturated heterocycles. The predicted molar refractivity (Wildman–Crippen MR) is 127 cm³/mol. The van der Waals surface area contributed by atoms with E-state index in [1.165, 1.54) is 12.1 Å². The van der Waals surface area contributed by atoms with Gasteiger partial charge in [-0.2, -0.15) is 39.5 Å². The van der Waals surface area contributed by atoms with Gasteiger partial charge in [-0.25, -0.2) is 9.59 Å². The molecule has 1 aromatic carbocycles. The SMILES string of the molecule is CC(C)[C@]1(C(=O)N2CCN(c3cccc(C(F)(F)F)c3)CC2)CC[C@@H](N)C1.O=C(O)C(F)(F)F.O=C(O)C(F)(F)F. The zero-order chi connectivity index (χ0) is 32.0. The molecule has 0 bridgehead atoms. The molecule has 17 heteroatoms. The molecule has 0 unspecified atom stereocenters. The van der Waals surface area contributed by atoms with E-state index in [0.717, 1.165) is 25.3 Å². The molecular weight excluding hydrogens is 581 g/mol. The van der Waals surface area contributed by atoms with Crippen molar-refractivity contribution in [2.75, 3.05) is 31.1 Å². The van der Waals surface area contributed by atoms with Crippen molar-refractivity contribution in [3.05, 3.63) is 29.8 Å². The van der Waals surface area contributed by atoms with Crippen molar-refractivity contribution in [1.29, 1.82) is 0 Å². The number of anilines is 1. The maximum Gasteiger partial charge on any atom is 0.490 e. The number of halogens is 9. The van der Waals surface area contributed by atoms with Gasteiger partial charge in [0.25, 0.3) is 0 Å². The van der Waals surface area contributed by atoms with E-state index in [1.54, 1.807) is 6.07 Å². The molecule has 1 amide bonds. The number of hydrogen-bond acceptors (Lipinski definition) is 5. The van der Waals surface area contributed by atoms with Crippen molar-refractivity contribution >= 4 is 23.5 Å². The molecule has 0 radical (unpaired) electrons. The zero-order valence-corrected chi connectivity index (χ0v) is 21.9. The normalized spacial score (nSPS) is 21.4. The van der Waals surface area contributed by atoms with Gasteiger partial charge in [-0.3, -0.25) is 4.79 Å². The van der Waals surface area contributed by atoms with E-state index < -0.39 is 41.4 Å². The fourth-order valence-electron chi connectivity index (χ4n) is 4.44. The van der Waals surface area contributed by atoms with Crippen molar-refractivity contribution in [3.63, 3.8) is 0 Å². The lowest BCUT2D eigenvalue weighted by Gasteiger charge is -2.42. The van der Waals surface area contributed by atoms with Crippen LogP contribution in [0.15, 0.2) is 24.3 Å². The van der Waals surface area contributed by atoms with Gasteiger partial charge in [-0.1, -0.05) is 19.9 Å². The fourth-order valence-corrected chi connectivity index (χ4v) is 4.44. The van der Waals surface area contributed by atoms with E-state index in [1.807, 2.05) is 9.80 Å². The topological polar surface area (TPSA) is 124 Å². The molecular formula is C24H30F9N3O5. The van der Waals surface area contributed by atoms with Crippen LogP contribution in [0.3, 0.4) is 0 Å². The van der Waals surface area contributed by atoms with Crippen LogP contribution in [0.1, 0.15) is 38.7 Å². The first kappa shape index (κ1) is 35.8. The number of carboxylic acid groups (broad SMARTS) is 2. The Morgan fingerprint density at radius 3 is 1.71 bits per heavy atom. The van der Waals surface area contributed by atoms with Crippen LogP contribution in [-0.4, -0.2) is 77.5 Å². The Balaban J connectivity index is 0.000000497. The molecule has 1 saturated carbocycles. The molecule has 3 rings (SSSR count). The number of carbonyl (C=O) groups is 3. The number of benzene rings is 1. The second-order valence-corrected chi connectivity index (χ2v) is 9.75. The number of rotatable bonds is 3. The first-order valence-corrected chi connectivity index (χ1v) is 12.1. The third kappa shape index (κ3) is 10.3. The molecule has 1 heterocycles. The minimum absolute atomic E-state index is 0.0720. The minimum Gasteiger partial charge on any atom is -0.475 e. The van der Waals surface area contributed by atoms with Gasteiger partial charge < -0.3 is 25.7 Å². The standard InChI is InChI=1S/C20H28F3N3O.2C2HF3O2/c1-14(2)19(7-6-16(24)13-19)18(27)26-10-8-25(9-11-26)17-5-3-4-15(12-17)20(21,22)23;2*3-2(4,5)1(6)7/h3-5,12,14,16H,6-11,13,24H2,1-2H3;2*(H,6,7)/t16-,19+;;/m1../s1. The number of aliphatic carboxylic acids is 2. The van der Waals surface area contributed by atoms with E-state index in [2.05, 4.69) is 13.8 Å². The van der Waals surface area contributed by atoms with Crippen molar-refractivity contribution in [1.82, 2.24) is 4.90 Å². The lowest BCUT2D eigenvalue weighted by atomic mass is 9.74. The first-order valence-electron chi connectivity index (χ1n) is 12.1. The summed E-state index contributed by atoms with van der Waals surface area (Å²) in [5.74, 6) is -5.13. The van der Waals surface area contributed by atoms with Crippen LogP contribution in [0.4, 0.5) is 45.2 Å². The second-order valence-electron chi connectivity index (χ2n) is 9.75. The molecule has 2 atom stereocenters. The van der Waals surface area contributed by atoms with Crippen LogP contribution >= 0.6 is 0 Å². The lowest BCUT2D eigenvalue weighted by molar-refractivity contribution is -0.193. The summed E-state index contributed by atoms with van der Waals surface area (Å²) in [6, 6.07) is 5.46. The first-order chi connectivity index (χ1) is 18.5. The molecule has 2 fully saturated rings.